The van der Waals surface area contributed by atoms with Crippen LogP contribution in [0.25, 0.3) is 0 Å². The molecule has 4 rings (SSSR count). The Morgan fingerprint density at radius 2 is 1.41 bits per heavy atom. The predicted octanol–water partition coefficient (Wildman–Crippen LogP) is 6.98. The monoisotopic (exact) mass is 491 g/mol. The molecule has 0 radical (unpaired) electrons. The van der Waals surface area contributed by atoms with E-state index in [0.29, 0.717) is 5.92 Å². The van der Waals surface area contributed by atoms with Crippen LogP contribution in [0.4, 0.5) is 0 Å². The first kappa shape index (κ1) is 23.2. The van der Waals surface area contributed by atoms with Gasteiger partial charge in [0.25, 0.3) is 0 Å². The van der Waals surface area contributed by atoms with Gasteiger partial charge in [-0.3, -0.25) is 0 Å². The van der Waals surface area contributed by atoms with E-state index in [-0.39, 0.29) is 5.92 Å². The van der Waals surface area contributed by atoms with Crippen molar-refractivity contribution >= 4 is 15.9 Å². The number of nitrogens with zero attached hydrogens (tertiary/aromatic N) is 1. The van der Waals surface area contributed by atoms with E-state index in [1.54, 1.807) is 0 Å². The number of piperidine rings is 1. The van der Waals surface area contributed by atoms with Crippen molar-refractivity contribution in [2.45, 2.75) is 44.1 Å². The summed E-state index contributed by atoms with van der Waals surface area (Å²) in [7, 11) is 0. The van der Waals surface area contributed by atoms with Gasteiger partial charge in [0.05, 0.1) is 0 Å². The van der Waals surface area contributed by atoms with Crippen LogP contribution in [0.5, 0.6) is 0 Å². The molecule has 3 aromatic carbocycles. The zero-order valence-corrected chi connectivity index (χ0v) is 20.5. The molecule has 3 aromatic rings. The van der Waals surface area contributed by atoms with Crippen molar-refractivity contribution in [3.05, 3.63) is 106 Å². The van der Waals surface area contributed by atoms with Crippen molar-refractivity contribution in [3.8, 4) is 0 Å². The Kier molecular flexibility index (Phi) is 7.83. The van der Waals surface area contributed by atoms with Gasteiger partial charge in [-0.2, -0.15) is 0 Å². The molecule has 0 amide bonds. The van der Waals surface area contributed by atoms with E-state index in [2.05, 4.69) is 76.3 Å². The van der Waals surface area contributed by atoms with Crippen LogP contribution >= 0.6 is 15.9 Å². The van der Waals surface area contributed by atoms with Gasteiger partial charge in [-0.25, -0.2) is 0 Å². The Balaban J connectivity index is 1.35. The van der Waals surface area contributed by atoms with Crippen LogP contribution < -0.4 is 0 Å². The fraction of sp³-hybridized carbons (Fsp3) is 0.379. The summed E-state index contributed by atoms with van der Waals surface area (Å²) < 4.78 is 1.14. The second kappa shape index (κ2) is 10.8. The Labute approximate surface area is 201 Å². The Bertz CT molecular complexity index is 910. The number of hydrogen-bond acceptors (Lipinski definition) is 2. The lowest BCUT2D eigenvalue weighted by atomic mass is 9.72. The van der Waals surface area contributed by atoms with Gasteiger partial charge in [-0.05, 0) is 86.0 Å². The highest BCUT2D eigenvalue weighted by molar-refractivity contribution is 9.10. The van der Waals surface area contributed by atoms with Crippen molar-refractivity contribution < 1.29 is 5.11 Å². The fourth-order valence-corrected chi connectivity index (χ4v) is 5.44. The third-order valence-corrected chi connectivity index (χ3v) is 7.69. The second-order valence-electron chi connectivity index (χ2n) is 9.21. The van der Waals surface area contributed by atoms with Crippen LogP contribution in [0.2, 0.25) is 0 Å². The minimum atomic E-state index is -0.926. The largest absolute Gasteiger partial charge is 0.380 e. The molecule has 0 saturated carbocycles. The summed E-state index contributed by atoms with van der Waals surface area (Å²) in [6.07, 6.45) is 4.45. The van der Waals surface area contributed by atoms with E-state index >= 15 is 0 Å². The van der Waals surface area contributed by atoms with Gasteiger partial charge in [-0.1, -0.05) is 95.7 Å². The lowest BCUT2D eigenvalue weighted by Crippen LogP contribution is -2.44. The van der Waals surface area contributed by atoms with E-state index in [1.807, 2.05) is 36.4 Å². The zero-order chi connectivity index (χ0) is 22.4. The lowest BCUT2D eigenvalue weighted by Gasteiger charge is -2.42. The molecule has 0 aromatic heterocycles. The molecule has 1 N–H and O–H groups in total. The summed E-state index contributed by atoms with van der Waals surface area (Å²) in [5.74, 6) is 0.812. The molecule has 0 spiro atoms. The first-order chi connectivity index (χ1) is 15.6. The summed E-state index contributed by atoms with van der Waals surface area (Å²) >= 11 is 3.52. The Morgan fingerprint density at radius 1 is 0.875 bits per heavy atom. The highest BCUT2D eigenvalue weighted by Crippen LogP contribution is 2.42. The first-order valence-electron chi connectivity index (χ1n) is 11.9. The normalized spacial score (nSPS) is 16.7. The molecule has 1 saturated heterocycles. The maximum Gasteiger partial charge on any atom is 0.117 e. The molecule has 2 nitrogen and oxygen atoms in total. The predicted molar refractivity (Wildman–Crippen MR) is 137 cm³/mol. The second-order valence-corrected chi connectivity index (χ2v) is 10.1. The van der Waals surface area contributed by atoms with Crippen LogP contribution in [-0.4, -0.2) is 29.6 Å². The van der Waals surface area contributed by atoms with Gasteiger partial charge in [0.15, 0.2) is 0 Å². The van der Waals surface area contributed by atoms with Crippen molar-refractivity contribution in [2.24, 2.45) is 5.92 Å². The SMILES string of the molecule is CC(CCCN1CCC(C(O)(c2ccccc2)c2ccccc2)CC1)c1ccc(Br)cc1. The number of halogens is 1. The maximum absolute atomic E-state index is 12.0. The van der Waals surface area contributed by atoms with Crippen molar-refractivity contribution in [1.82, 2.24) is 4.90 Å². The van der Waals surface area contributed by atoms with Crippen LogP contribution in [-0.2, 0) is 5.60 Å². The van der Waals surface area contributed by atoms with Crippen LogP contribution in [0, 0.1) is 5.92 Å². The fourth-order valence-electron chi connectivity index (χ4n) is 5.18. The molecule has 1 aliphatic heterocycles. The molecule has 1 aliphatic rings. The number of benzene rings is 3. The Hall–Kier alpha value is -1.94. The maximum atomic E-state index is 12.0. The van der Waals surface area contributed by atoms with Gasteiger partial charge >= 0.3 is 0 Å². The van der Waals surface area contributed by atoms with Crippen molar-refractivity contribution in [1.29, 1.82) is 0 Å². The molecule has 3 heteroatoms. The molecule has 0 aliphatic carbocycles. The number of likely N-dealkylation sites (tertiary alicyclic amines) is 1. The van der Waals surface area contributed by atoms with Crippen molar-refractivity contribution in [2.75, 3.05) is 19.6 Å². The third-order valence-electron chi connectivity index (χ3n) is 7.16. The first-order valence-corrected chi connectivity index (χ1v) is 12.7. The minimum Gasteiger partial charge on any atom is -0.380 e. The van der Waals surface area contributed by atoms with Crippen LogP contribution in [0.3, 0.4) is 0 Å². The van der Waals surface area contributed by atoms with E-state index < -0.39 is 5.60 Å². The highest BCUT2D eigenvalue weighted by Gasteiger charge is 2.41. The summed E-state index contributed by atoms with van der Waals surface area (Å²) in [6.45, 7) is 5.58. The molecule has 168 valence electrons. The molecular formula is C29H34BrNO. The lowest BCUT2D eigenvalue weighted by molar-refractivity contribution is -0.0143. The third kappa shape index (κ3) is 5.33. The summed E-state index contributed by atoms with van der Waals surface area (Å²) in [5.41, 5.74) is 2.51. The molecule has 0 bridgehead atoms. The summed E-state index contributed by atoms with van der Waals surface area (Å²) in [6, 6.07) is 29.2. The number of aliphatic hydroxyl groups is 1. The van der Waals surface area contributed by atoms with Gasteiger partial charge in [0, 0.05) is 4.47 Å². The van der Waals surface area contributed by atoms with E-state index in [9.17, 15) is 5.11 Å². The van der Waals surface area contributed by atoms with Gasteiger partial charge < -0.3 is 10.0 Å². The quantitative estimate of drug-likeness (QED) is 0.367. The minimum absolute atomic E-state index is 0.227. The topological polar surface area (TPSA) is 23.5 Å². The molecule has 1 unspecified atom stereocenters. The highest BCUT2D eigenvalue weighted by atomic mass is 79.9. The molecular weight excluding hydrogens is 458 g/mol. The zero-order valence-electron chi connectivity index (χ0n) is 19.0. The average Bonchev–Trinajstić information content (AvgIpc) is 2.85. The molecule has 1 atom stereocenters. The van der Waals surface area contributed by atoms with Gasteiger partial charge in [-0.15, -0.1) is 0 Å². The van der Waals surface area contributed by atoms with E-state index in [0.717, 1.165) is 48.1 Å². The smallest absolute Gasteiger partial charge is 0.117 e. The van der Waals surface area contributed by atoms with E-state index in [1.165, 1.54) is 18.4 Å². The number of hydrogen-bond donors (Lipinski definition) is 1. The van der Waals surface area contributed by atoms with Gasteiger partial charge in [0.2, 0.25) is 0 Å². The Morgan fingerprint density at radius 3 is 1.94 bits per heavy atom. The number of rotatable bonds is 8. The molecule has 1 fully saturated rings. The summed E-state index contributed by atoms with van der Waals surface area (Å²) in [4.78, 5) is 2.58. The average molecular weight is 493 g/mol. The molecule has 32 heavy (non-hydrogen) atoms. The standard InChI is InChI=1S/C29H34BrNO/c1-23(24-14-16-28(30)17-15-24)9-8-20-31-21-18-27(19-22-31)29(32,25-10-4-2-5-11-25)26-12-6-3-7-13-26/h2-7,10-17,23,27,32H,8-9,18-22H2,1H3. The molecule has 1 heterocycles. The van der Waals surface area contributed by atoms with Gasteiger partial charge in [0.1, 0.15) is 5.60 Å². The summed E-state index contributed by atoms with van der Waals surface area (Å²) in [5, 5.41) is 12.0. The van der Waals surface area contributed by atoms with Crippen LogP contribution in [0.15, 0.2) is 89.4 Å². The van der Waals surface area contributed by atoms with Crippen LogP contribution in [0.1, 0.15) is 55.2 Å². The van der Waals surface area contributed by atoms with E-state index in [4.69, 9.17) is 0 Å². The van der Waals surface area contributed by atoms with Crippen molar-refractivity contribution in [3.63, 3.8) is 0 Å².